The van der Waals surface area contributed by atoms with E-state index in [9.17, 15) is 4.79 Å². The molecule has 1 N–H and O–H groups in total. The van der Waals surface area contributed by atoms with E-state index in [-0.39, 0.29) is 11.7 Å². The quantitative estimate of drug-likeness (QED) is 0.302. The number of thioether (sulfide) groups is 1. The highest BCUT2D eigenvalue weighted by atomic mass is 79.9. The maximum Gasteiger partial charge on any atom is 0.250 e. The molecule has 1 heterocycles. The van der Waals surface area contributed by atoms with Crippen LogP contribution in [0.3, 0.4) is 0 Å². The van der Waals surface area contributed by atoms with Crippen LogP contribution in [0.2, 0.25) is 5.02 Å². The number of furan rings is 1. The Morgan fingerprint density at radius 2 is 2.00 bits per heavy atom. The Hall–Kier alpha value is -2.02. The number of nitrogens with one attached hydrogen (secondary N) is 1. The minimum absolute atomic E-state index is 0.194. The van der Waals surface area contributed by atoms with Crippen LogP contribution in [0.1, 0.15) is 5.76 Å². The average Bonchev–Trinajstić information content (AvgIpc) is 3.10. The third kappa shape index (κ3) is 5.49. The highest BCUT2D eigenvalue weighted by Gasteiger charge is 2.05. The number of nitrogens with zero attached hydrogens (tertiary/aromatic N) is 1. The molecule has 2 aromatic carbocycles. The minimum Gasteiger partial charge on any atom is -0.455 e. The first-order valence-corrected chi connectivity index (χ1v) is 9.82. The molecule has 0 saturated heterocycles. The van der Waals surface area contributed by atoms with Crippen molar-refractivity contribution in [3.05, 3.63) is 75.9 Å². The van der Waals surface area contributed by atoms with E-state index < -0.39 is 0 Å². The molecule has 0 aliphatic carbocycles. The summed E-state index contributed by atoms with van der Waals surface area (Å²) >= 11 is 10.7. The van der Waals surface area contributed by atoms with Crippen LogP contribution in [0.15, 0.2) is 79.6 Å². The molecule has 0 atom stereocenters. The summed E-state index contributed by atoms with van der Waals surface area (Å²) in [6.45, 7) is 0. The molecule has 1 aromatic heterocycles. The summed E-state index contributed by atoms with van der Waals surface area (Å²) in [4.78, 5) is 12.8. The summed E-state index contributed by atoms with van der Waals surface area (Å²) in [5.41, 5.74) is 3.45. The number of carbonyl (C=O) groups is 1. The Morgan fingerprint density at radius 3 is 2.77 bits per heavy atom. The zero-order valence-electron chi connectivity index (χ0n) is 13.5. The lowest BCUT2D eigenvalue weighted by atomic mass is 10.2. The van der Waals surface area contributed by atoms with E-state index in [0.29, 0.717) is 10.8 Å². The van der Waals surface area contributed by atoms with Gasteiger partial charge in [0.1, 0.15) is 11.5 Å². The zero-order chi connectivity index (χ0) is 18.4. The second-order valence-electron chi connectivity index (χ2n) is 5.25. The zero-order valence-corrected chi connectivity index (χ0v) is 16.6. The number of halogens is 2. The molecule has 132 valence electrons. The Kier molecular flexibility index (Phi) is 6.55. The first-order valence-electron chi connectivity index (χ1n) is 7.66. The van der Waals surface area contributed by atoms with Crippen LogP contribution < -0.4 is 5.43 Å². The van der Waals surface area contributed by atoms with Gasteiger partial charge in [0.25, 0.3) is 0 Å². The molecular weight excluding hydrogens is 436 g/mol. The van der Waals surface area contributed by atoms with Crippen LogP contribution >= 0.6 is 39.3 Å². The van der Waals surface area contributed by atoms with Crippen molar-refractivity contribution in [3.8, 4) is 11.3 Å². The molecule has 0 aliphatic heterocycles. The van der Waals surface area contributed by atoms with Gasteiger partial charge >= 0.3 is 0 Å². The smallest absolute Gasteiger partial charge is 0.250 e. The number of hydrogen-bond acceptors (Lipinski definition) is 4. The number of carbonyl (C=O) groups excluding carboxylic acids is 1. The van der Waals surface area contributed by atoms with Gasteiger partial charge in [0, 0.05) is 20.0 Å². The Morgan fingerprint density at radius 1 is 1.19 bits per heavy atom. The number of amides is 1. The van der Waals surface area contributed by atoms with Gasteiger partial charge in [0.2, 0.25) is 5.91 Å². The summed E-state index contributed by atoms with van der Waals surface area (Å²) in [5.74, 6) is 1.36. The van der Waals surface area contributed by atoms with Crippen LogP contribution in [0, 0.1) is 0 Å². The topological polar surface area (TPSA) is 54.6 Å². The molecule has 3 aromatic rings. The third-order valence-corrected chi connectivity index (χ3v) is 5.06. The molecule has 0 unspecified atom stereocenters. The summed E-state index contributed by atoms with van der Waals surface area (Å²) in [7, 11) is 0. The molecule has 0 radical (unpaired) electrons. The SMILES string of the molecule is O=C(CSc1ccc(Cl)cc1)N/N=C\c1ccc(-c2cccc(Br)c2)o1. The van der Waals surface area contributed by atoms with Gasteiger partial charge < -0.3 is 4.42 Å². The lowest BCUT2D eigenvalue weighted by Crippen LogP contribution is -2.19. The van der Waals surface area contributed by atoms with Gasteiger partial charge in [0.05, 0.1) is 12.0 Å². The molecule has 0 saturated carbocycles. The van der Waals surface area contributed by atoms with E-state index in [1.165, 1.54) is 18.0 Å². The average molecular weight is 450 g/mol. The number of hydrogen-bond donors (Lipinski definition) is 1. The normalized spacial score (nSPS) is 11.0. The maximum atomic E-state index is 11.8. The van der Waals surface area contributed by atoms with E-state index in [1.807, 2.05) is 42.5 Å². The van der Waals surface area contributed by atoms with Crippen molar-refractivity contribution in [2.75, 3.05) is 5.75 Å². The van der Waals surface area contributed by atoms with Gasteiger partial charge in [-0.1, -0.05) is 39.7 Å². The predicted molar refractivity (Wildman–Crippen MR) is 110 cm³/mol. The number of rotatable bonds is 6. The largest absolute Gasteiger partial charge is 0.455 e. The highest BCUT2D eigenvalue weighted by Crippen LogP contribution is 2.24. The number of hydrazone groups is 1. The van der Waals surface area contributed by atoms with Gasteiger partial charge in [-0.2, -0.15) is 5.10 Å². The second kappa shape index (κ2) is 9.07. The van der Waals surface area contributed by atoms with Crippen LogP contribution in [-0.4, -0.2) is 17.9 Å². The van der Waals surface area contributed by atoms with Crippen molar-refractivity contribution in [1.29, 1.82) is 0 Å². The molecule has 0 aliphatic rings. The van der Waals surface area contributed by atoms with Crippen molar-refractivity contribution in [1.82, 2.24) is 5.43 Å². The molecule has 3 rings (SSSR count). The van der Waals surface area contributed by atoms with Crippen molar-refractivity contribution >= 4 is 51.4 Å². The van der Waals surface area contributed by atoms with Gasteiger partial charge in [-0.3, -0.25) is 4.79 Å². The summed E-state index contributed by atoms with van der Waals surface area (Å²) in [6.07, 6.45) is 1.48. The molecule has 26 heavy (non-hydrogen) atoms. The van der Waals surface area contributed by atoms with E-state index in [0.717, 1.165) is 20.7 Å². The standard InChI is InChI=1S/C19H14BrClN2O2S/c20-14-3-1-2-13(10-14)18-9-6-16(25-18)11-22-23-19(24)12-26-17-7-4-15(21)5-8-17/h1-11H,12H2,(H,23,24)/b22-11-. The molecule has 0 fully saturated rings. The van der Waals surface area contributed by atoms with E-state index in [1.54, 1.807) is 18.2 Å². The van der Waals surface area contributed by atoms with Gasteiger partial charge in [-0.05, 0) is 48.5 Å². The van der Waals surface area contributed by atoms with Gasteiger partial charge in [0.15, 0.2) is 0 Å². The Balaban J connectivity index is 1.50. The van der Waals surface area contributed by atoms with Gasteiger partial charge in [-0.15, -0.1) is 11.8 Å². The second-order valence-corrected chi connectivity index (χ2v) is 7.65. The van der Waals surface area contributed by atoms with Crippen molar-refractivity contribution in [2.45, 2.75) is 4.90 Å². The fourth-order valence-corrected chi connectivity index (χ4v) is 3.32. The first kappa shape index (κ1) is 18.8. The lowest BCUT2D eigenvalue weighted by molar-refractivity contribution is -0.118. The summed E-state index contributed by atoms with van der Waals surface area (Å²) in [6, 6.07) is 18.8. The summed E-state index contributed by atoms with van der Waals surface area (Å²) in [5, 5.41) is 4.60. The molecule has 0 spiro atoms. The van der Waals surface area contributed by atoms with E-state index in [4.69, 9.17) is 16.0 Å². The Bertz CT molecular complexity index is 925. The van der Waals surface area contributed by atoms with Crippen molar-refractivity contribution in [2.24, 2.45) is 5.10 Å². The molecule has 0 bridgehead atoms. The van der Waals surface area contributed by atoms with Crippen molar-refractivity contribution in [3.63, 3.8) is 0 Å². The Labute approximate surface area is 168 Å². The van der Waals surface area contributed by atoms with Crippen LogP contribution in [0.5, 0.6) is 0 Å². The fraction of sp³-hybridized carbons (Fsp3) is 0.0526. The van der Waals surface area contributed by atoms with Crippen molar-refractivity contribution < 1.29 is 9.21 Å². The molecular formula is C19H14BrClN2O2S. The van der Waals surface area contributed by atoms with Crippen LogP contribution in [0.4, 0.5) is 0 Å². The monoisotopic (exact) mass is 448 g/mol. The predicted octanol–water partition coefficient (Wildman–Crippen LogP) is 5.60. The van der Waals surface area contributed by atoms with Crippen LogP contribution in [0.25, 0.3) is 11.3 Å². The first-order chi connectivity index (χ1) is 12.6. The van der Waals surface area contributed by atoms with E-state index in [2.05, 4.69) is 26.5 Å². The molecule has 4 nitrogen and oxygen atoms in total. The van der Waals surface area contributed by atoms with Gasteiger partial charge in [-0.25, -0.2) is 5.43 Å². The third-order valence-electron chi connectivity index (χ3n) is 3.30. The maximum absolute atomic E-state index is 11.8. The fourth-order valence-electron chi connectivity index (χ4n) is 2.10. The summed E-state index contributed by atoms with van der Waals surface area (Å²) < 4.78 is 6.69. The highest BCUT2D eigenvalue weighted by molar-refractivity contribution is 9.10. The lowest BCUT2D eigenvalue weighted by Gasteiger charge is -2.00. The van der Waals surface area contributed by atoms with Crippen LogP contribution in [-0.2, 0) is 4.79 Å². The minimum atomic E-state index is -0.194. The van der Waals surface area contributed by atoms with E-state index >= 15 is 0 Å². The molecule has 1 amide bonds. The number of benzene rings is 2. The molecule has 7 heteroatoms.